The van der Waals surface area contributed by atoms with Crippen molar-refractivity contribution in [2.45, 2.75) is 20.3 Å². The molecule has 0 amide bonds. The van der Waals surface area contributed by atoms with Gasteiger partial charge in [0.1, 0.15) is 16.8 Å². The topological polar surface area (TPSA) is 66.9 Å². The van der Waals surface area contributed by atoms with Gasteiger partial charge in [0.05, 0.1) is 5.69 Å². The first kappa shape index (κ1) is 12.8. The van der Waals surface area contributed by atoms with E-state index >= 15 is 0 Å². The van der Waals surface area contributed by atoms with E-state index in [-0.39, 0.29) is 0 Å². The number of nitrogens with zero attached hydrogens (tertiary/aromatic N) is 5. The number of pyridine rings is 1. The quantitative estimate of drug-likeness (QED) is 0.741. The van der Waals surface area contributed by atoms with Gasteiger partial charge in [-0.05, 0) is 18.1 Å². The van der Waals surface area contributed by atoms with Gasteiger partial charge in [-0.2, -0.15) is 14.9 Å². The van der Waals surface area contributed by atoms with Crippen LogP contribution in [0.3, 0.4) is 0 Å². The first-order chi connectivity index (χ1) is 9.69. The van der Waals surface area contributed by atoms with Crippen molar-refractivity contribution in [1.82, 2.24) is 19.6 Å². The van der Waals surface area contributed by atoms with Crippen molar-refractivity contribution in [3.63, 3.8) is 0 Å². The Morgan fingerprint density at radius 2 is 2.25 bits per heavy atom. The molecule has 0 aromatic carbocycles. The average Bonchev–Trinajstić information content (AvgIpc) is 2.95. The van der Waals surface area contributed by atoms with E-state index in [2.05, 4.69) is 35.0 Å². The van der Waals surface area contributed by atoms with Crippen molar-refractivity contribution in [1.29, 1.82) is 5.26 Å². The predicted octanol–water partition coefficient (Wildman–Crippen LogP) is 2.92. The average molecular weight is 283 g/mol. The summed E-state index contributed by atoms with van der Waals surface area (Å²) < 4.78 is 1.63. The van der Waals surface area contributed by atoms with E-state index in [1.807, 2.05) is 18.2 Å². The van der Waals surface area contributed by atoms with Crippen LogP contribution in [-0.2, 0) is 6.42 Å². The zero-order valence-electron chi connectivity index (χ0n) is 11.2. The molecule has 5 nitrogen and oxygen atoms in total. The van der Waals surface area contributed by atoms with Crippen molar-refractivity contribution < 1.29 is 0 Å². The monoisotopic (exact) mass is 283 g/mol. The summed E-state index contributed by atoms with van der Waals surface area (Å²) in [6.45, 7) is 4.30. The second kappa shape index (κ2) is 5.02. The van der Waals surface area contributed by atoms with E-state index in [0.717, 1.165) is 16.4 Å². The van der Waals surface area contributed by atoms with Crippen molar-refractivity contribution in [3.05, 3.63) is 35.1 Å². The highest BCUT2D eigenvalue weighted by Gasteiger charge is 2.18. The Kier molecular flexibility index (Phi) is 3.20. The standard InChI is InChI=1S/C14H13N5S/c1-9(2)7-12-18-19-11(8-15)13(17-14(19)20-12)10-5-3-4-6-16-10/h3-6,9H,7H2,1-2H3. The van der Waals surface area contributed by atoms with Gasteiger partial charge in [0.2, 0.25) is 4.96 Å². The van der Waals surface area contributed by atoms with Crippen molar-refractivity contribution in [2.24, 2.45) is 5.92 Å². The third kappa shape index (κ3) is 2.17. The second-order valence-corrected chi connectivity index (χ2v) is 5.96. The molecule has 3 aromatic rings. The predicted molar refractivity (Wildman–Crippen MR) is 77.4 cm³/mol. The maximum Gasteiger partial charge on any atom is 0.214 e. The van der Waals surface area contributed by atoms with Gasteiger partial charge in [-0.15, -0.1) is 0 Å². The van der Waals surface area contributed by atoms with Gasteiger partial charge in [-0.3, -0.25) is 4.98 Å². The van der Waals surface area contributed by atoms with E-state index in [1.165, 1.54) is 11.3 Å². The smallest absolute Gasteiger partial charge is 0.214 e. The van der Waals surface area contributed by atoms with Crippen LogP contribution in [0.2, 0.25) is 0 Å². The molecule has 0 unspecified atom stereocenters. The molecule has 3 aromatic heterocycles. The molecule has 0 N–H and O–H groups in total. The Morgan fingerprint density at radius 1 is 1.40 bits per heavy atom. The van der Waals surface area contributed by atoms with Crippen LogP contribution < -0.4 is 0 Å². The van der Waals surface area contributed by atoms with Gasteiger partial charge in [0.15, 0.2) is 5.69 Å². The molecule has 0 saturated heterocycles. The Balaban J connectivity index is 2.12. The maximum atomic E-state index is 9.38. The molecule has 0 bridgehead atoms. The fourth-order valence-corrected chi connectivity index (χ4v) is 3.11. The van der Waals surface area contributed by atoms with Crippen molar-refractivity contribution in [3.8, 4) is 17.5 Å². The summed E-state index contributed by atoms with van der Waals surface area (Å²) in [6.07, 6.45) is 2.60. The number of hydrogen-bond donors (Lipinski definition) is 0. The van der Waals surface area contributed by atoms with E-state index in [4.69, 9.17) is 0 Å². The summed E-state index contributed by atoms with van der Waals surface area (Å²) in [5.74, 6) is 0.534. The van der Waals surface area contributed by atoms with Gasteiger partial charge in [-0.25, -0.2) is 4.98 Å². The van der Waals surface area contributed by atoms with Crippen LogP contribution in [0.15, 0.2) is 24.4 Å². The minimum absolute atomic E-state index is 0.449. The number of fused-ring (bicyclic) bond motifs is 1. The zero-order chi connectivity index (χ0) is 14.1. The molecule has 100 valence electrons. The molecule has 0 spiro atoms. The van der Waals surface area contributed by atoms with Crippen molar-refractivity contribution >= 4 is 16.3 Å². The van der Waals surface area contributed by atoms with E-state index in [0.29, 0.717) is 23.0 Å². The molecule has 0 aliphatic rings. The second-order valence-electron chi connectivity index (χ2n) is 4.92. The third-order valence-electron chi connectivity index (χ3n) is 2.84. The van der Waals surface area contributed by atoms with Crippen LogP contribution in [-0.4, -0.2) is 19.6 Å². The number of nitriles is 1. The largest absolute Gasteiger partial charge is 0.255 e. The van der Waals surface area contributed by atoms with Gasteiger partial charge in [0, 0.05) is 12.6 Å². The van der Waals surface area contributed by atoms with E-state index in [1.54, 1.807) is 10.7 Å². The van der Waals surface area contributed by atoms with Gasteiger partial charge < -0.3 is 0 Å². The summed E-state index contributed by atoms with van der Waals surface area (Å²) in [5, 5.41) is 14.9. The third-order valence-corrected chi connectivity index (χ3v) is 3.77. The molecule has 3 rings (SSSR count). The summed E-state index contributed by atoms with van der Waals surface area (Å²) in [6, 6.07) is 7.76. The molecule has 0 radical (unpaired) electrons. The first-order valence-corrected chi connectivity index (χ1v) is 7.20. The van der Waals surface area contributed by atoms with Crippen LogP contribution in [0.4, 0.5) is 0 Å². The van der Waals surface area contributed by atoms with Crippen LogP contribution in [0.1, 0.15) is 24.5 Å². The molecule has 6 heteroatoms. The maximum absolute atomic E-state index is 9.38. The van der Waals surface area contributed by atoms with Crippen LogP contribution >= 0.6 is 11.3 Å². The lowest BCUT2D eigenvalue weighted by Gasteiger charge is -1.98. The minimum Gasteiger partial charge on any atom is -0.255 e. The van der Waals surface area contributed by atoms with Crippen LogP contribution in [0, 0.1) is 17.2 Å². The molecule has 0 saturated carbocycles. The van der Waals surface area contributed by atoms with Gasteiger partial charge in [-0.1, -0.05) is 31.3 Å². The highest BCUT2D eigenvalue weighted by atomic mass is 32.1. The van der Waals surface area contributed by atoms with E-state index < -0.39 is 0 Å². The Bertz CT molecular complexity index is 779. The van der Waals surface area contributed by atoms with E-state index in [9.17, 15) is 5.26 Å². The molecule has 0 aliphatic carbocycles. The van der Waals surface area contributed by atoms with Crippen LogP contribution in [0.5, 0.6) is 0 Å². The Morgan fingerprint density at radius 3 is 2.90 bits per heavy atom. The fraction of sp³-hybridized carbons (Fsp3) is 0.286. The lowest BCUT2D eigenvalue weighted by molar-refractivity contribution is 0.636. The molecule has 0 aliphatic heterocycles. The summed E-state index contributed by atoms with van der Waals surface area (Å²) in [5.41, 5.74) is 1.75. The lowest BCUT2D eigenvalue weighted by atomic mass is 10.1. The Hall–Kier alpha value is -2.26. The molecule has 0 atom stereocenters. The molecule has 20 heavy (non-hydrogen) atoms. The molecular weight excluding hydrogens is 270 g/mol. The summed E-state index contributed by atoms with van der Waals surface area (Å²) >= 11 is 1.53. The van der Waals surface area contributed by atoms with Crippen molar-refractivity contribution in [2.75, 3.05) is 0 Å². The number of imidazole rings is 1. The Labute approximate surface area is 120 Å². The number of rotatable bonds is 3. The number of aromatic nitrogens is 4. The zero-order valence-corrected chi connectivity index (χ0v) is 12.1. The highest BCUT2D eigenvalue weighted by molar-refractivity contribution is 7.16. The normalized spacial score (nSPS) is 11.1. The number of hydrogen-bond acceptors (Lipinski definition) is 5. The highest BCUT2D eigenvalue weighted by Crippen LogP contribution is 2.25. The first-order valence-electron chi connectivity index (χ1n) is 6.39. The van der Waals surface area contributed by atoms with Gasteiger partial charge >= 0.3 is 0 Å². The molecule has 3 heterocycles. The molecular formula is C14H13N5S. The summed E-state index contributed by atoms with van der Waals surface area (Å²) in [7, 11) is 0. The minimum atomic E-state index is 0.449. The fourth-order valence-electron chi connectivity index (χ4n) is 2.00. The van der Waals surface area contributed by atoms with Gasteiger partial charge in [0.25, 0.3) is 0 Å². The lowest BCUT2D eigenvalue weighted by Crippen LogP contribution is -1.96. The summed E-state index contributed by atoms with van der Waals surface area (Å²) in [4.78, 5) is 9.52. The molecule has 0 fully saturated rings. The SMILES string of the molecule is CC(C)Cc1nn2c(C#N)c(-c3ccccn3)nc2s1. The van der Waals surface area contributed by atoms with Crippen LogP contribution in [0.25, 0.3) is 16.3 Å².